The first kappa shape index (κ1) is 15.0. The molecule has 7 nitrogen and oxygen atoms in total. The van der Waals surface area contributed by atoms with E-state index >= 15 is 0 Å². The summed E-state index contributed by atoms with van der Waals surface area (Å²) in [4.78, 5) is 32.9. The quantitative estimate of drug-likeness (QED) is 0.897. The van der Waals surface area contributed by atoms with Crippen molar-refractivity contribution in [3.63, 3.8) is 0 Å². The Morgan fingerprint density at radius 2 is 2.26 bits per heavy atom. The van der Waals surface area contributed by atoms with Gasteiger partial charge >= 0.3 is 6.09 Å². The Kier molecular flexibility index (Phi) is 4.46. The van der Waals surface area contributed by atoms with Crippen LogP contribution in [0.1, 0.15) is 5.56 Å². The lowest BCUT2D eigenvalue weighted by Crippen LogP contribution is -2.37. The van der Waals surface area contributed by atoms with Crippen LogP contribution in [0.5, 0.6) is 0 Å². The van der Waals surface area contributed by atoms with Crippen molar-refractivity contribution in [2.45, 2.75) is 6.54 Å². The van der Waals surface area contributed by atoms with E-state index in [9.17, 15) is 9.59 Å². The van der Waals surface area contributed by atoms with Crippen molar-refractivity contribution >= 4 is 12.0 Å². The number of carbonyl (C=O) groups excluding carboxylic acids is 2. The van der Waals surface area contributed by atoms with Crippen molar-refractivity contribution in [1.29, 1.82) is 0 Å². The van der Waals surface area contributed by atoms with Crippen LogP contribution < -0.4 is 5.32 Å². The van der Waals surface area contributed by atoms with Gasteiger partial charge in [0, 0.05) is 30.7 Å². The topological polar surface area (TPSA) is 84.4 Å². The lowest BCUT2D eigenvalue weighted by Gasteiger charge is -2.12. The van der Waals surface area contributed by atoms with Crippen LogP contribution in [0.3, 0.4) is 0 Å². The van der Waals surface area contributed by atoms with Gasteiger partial charge in [-0.25, -0.2) is 4.79 Å². The maximum absolute atomic E-state index is 11.9. The van der Waals surface area contributed by atoms with Gasteiger partial charge in [0.05, 0.1) is 12.2 Å². The third kappa shape index (κ3) is 3.82. The van der Waals surface area contributed by atoms with Crippen molar-refractivity contribution in [3.05, 3.63) is 48.4 Å². The molecule has 118 valence electrons. The van der Waals surface area contributed by atoms with Crippen molar-refractivity contribution < 1.29 is 14.3 Å². The molecule has 1 saturated heterocycles. The molecule has 3 rings (SSSR count). The second-order valence-corrected chi connectivity index (χ2v) is 5.10. The summed E-state index contributed by atoms with van der Waals surface area (Å²) in [6.45, 7) is 1.18. The van der Waals surface area contributed by atoms with E-state index in [0.29, 0.717) is 19.7 Å². The molecule has 3 heterocycles. The van der Waals surface area contributed by atoms with E-state index in [1.165, 1.54) is 4.90 Å². The minimum atomic E-state index is -0.442. The van der Waals surface area contributed by atoms with E-state index in [0.717, 1.165) is 16.8 Å². The molecular weight excluding hydrogens is 296 g/mol. The number of nitrogens with one attached hydrogen (secondary N) is 1. The Bertz CT molecular complexity index is 705. The van der Waals surface area contributed by atoms with Crippen LogP contribution in [0, 0.1) is 0 Å². The van der Waals surface area contributed by atoms with E-state index in [1.54, 1.807) is 18.6 Å². The summed E-state index contributed by atoms with van der Waals surface area (Å²) in [5.41, 5.74) is 2.64. The fraction of sp³-hybridized carbons (Fsp3) is 0.250. The molecule has 2 amide bonds. The van der Waals surface area contributed by atoms with Gasteiger partial charge in [0.15, 0.2) is 0 Å². The summed E-state index contributed by atoms with van der Waals surface area (Å²) in [6.07, 6.45) is 4.70. The van der Waals surface area contributed by atoms with Crippen LogP contribution in [0.15, 0.2) is 42.9 Å². The second-order valence-electron chi connectivity index (χ2n) is 5.10. The highest BCUT2D eigenvalue weighted by atomic mass is 16.6. The largest absolute Gasteiger partial charge is 0.448 e. The third-order valence-electron chi connectivity index (χ3n) is 3.45. The van der Waals surface area contributed by atoms with E-state index in [1.807, 2.05) is 24.3 Å². The van der Waals surface area contributed by atoms with Gasteiger partial charge in [0.25, 0.3) is 0 Å². The Balaban J connectivity index is 1.58. The van der Waals surface area contributed by atoms with Crippen LogP contribution in [-0.2, 0) is 16.1 Å². The Labute approximate surface area is 133 Å². The van der Waals surface area contributed by atoms with E-state index in [4.69, 9.17) is 4.74 Å². The van der Waals surface area contributed by atoms with Gasteiger partial charge in [-0.15, -0.1) is 0 Å². The first-order valence-electron chi connectivity index (χ1n) is 7.26. The molecule has 2 aromatic heterocycles. The third-order valence-corrected chi connectivity index (χ3v) is 3.45. The highest BCUT2D eigenvalue weighted by Gasteiger charge is 2.23. The molecule has 0 aliphatic carbocycles. The van der Waals surface area contributed by atoms with Crippen LogP contribution in [0.2, 0.25) is 0 Å². The predicted molar refractivity (Wildman–Crippen MR) is 82.2 cm³/mol. The molecule has 0 saturated carbocycles. The first-order valence-corrected chi connectivity index (χ1v) is 7.26. The number of rotatable bonds is 5. The Morgan fingerprint density at radius 1 is 1.35 bits per heavy atom. The zero-order valence-corrected chi connectivity index (χ0v) is 12.4. The number of ether oxygens (including phenoxy) is 1. The van der Waals surface area contributed by atoms with Gasteiger partial charge in [0.2, 0.25) is 5.91 Å². The molecule has 2 aromatic rings. The number of amides is 2. The number of carbonyl (C=O) groups is 2. The minimum Gasteiger partial charge on any atom is -0.448 e. The summed E-state index contributed by atoms with van der Waals surface area (Å²) in [5, 5.41) is 2.79. The van der Waals surface area contributed by atoms with Crippen LogP contribution in [0.4, 0.5) is 4.79 Å². The molecular formula is C16H16N4O3. The SMILES string of the molecule is O=C(CN1CCOC1=O)NCc1ccnc(-c2cccnc2)c1. The van der Waals surface area contributed by atoms with Crippen LogP contribution in [-0.4, -0.2) is 46.6 Å². The number of nitrogens with zero attached hydrogens (tertiary/aromatic N) is 3. The number of hydrogen-bond donors (Lipinski definition) is 1. The van der Waals surface area contributed by atoms with Crippen molar-refractivity contribution in [3.8, 4) is 11.3 Å². The highest BCUT2D eigenvalue weighted by molar-refractivity contribution is 5.82. The van der Waals surface area contributed by atoms with E-state index in [2.05, 4.69) is 15.3 Å². The summed E-state index contributed by atoms with van der Waals surface area (Å²) in [7, 11) is 0. The summed E-state index contributed by atoms with van der Waals surface area (Å²) >= 11 is 0. The molecule has 23 heavy (non-hydrogen) atoms. The average Bonchev–Trinajstić information content (AvgIpc) is 2.99. The molecule has 1 fully saturated rings. The number of hydrogen-bond acceptors (Lipinski definition) is 5. The fourth-order valence-electron chi connectivity index (χ4n) is 2.26. The smallest absolute Gasteiger partial charge is 0.410 e. The van der Waals surface area contributed by atoms with Gasteiger partial charge < -0.3 is 10.1 Å². The van der Waals surface area contributed by atoms with Crippen molar-refractivity contribution in [1.82, 2.24) is 20.2 Å². The predicted octanol–water partition coefficient (Wildman–Crippen LogP) is 1.21. The maximum Gasteiger partial charge on any atom is 0.410 e. The van der Waals surface area contributed by atoms with Gasteiger partial charge in [-0.2, -0.15) is 0 Å². The van der Waals surface area contributed by atoms with Gasteiger partial charge in [-0.05, 0) is 29.8 Å². The van der Waals surface area contributed by atoms with Crippen molar-refractivity contribution in [2.24, 2.45) is 0 Å². The number of aromatic nitrogens is 2. The fourth-order valence-corrected chi connectivity index (χ4v) is 2.26. The Morgan fingerprint density at radius 3 is 3.00 bits per heavy atom. The molecule has 0 atom stereocenters. The molecule has 1 aliphatic rings. The van der Waals surface area contributed by atoms with Crippen LogP contribution in [0.25, 0.3) is 11.3 Å². The standard InChI is InChI=1S/C16H16N4O3/c21-15(11-20-6-7-23-16(20)22)19-9-12-3-5-18-14(8-12)13-2-1-4-17-10-13/h1-5,8,10H,6-7,9,11H2,(H,19,21). The first-order chi connectivity index (χ1) is 11.2. The van der Waals surface area contributed by atoms with Gasteiger partial charge in [-0.1, -0.05) is 0 Å². The molecule has 7 heteroatoms. The second kappa shape index (κ2) is 6.87. The lowest BCUT2D eigenvalue weighted by molar-refractivity contribution is -0.121. The van der Waals surface area contributed by atoms with Gasteiger partial charge in [0.1, 0.15) is 13.2 Å². The van der Waals surface area contributed by atoms with E-state index in [-0.39, 0.29) is 12.5 Å². The van der Waals surface area contributed by atoms with E-state index < -0.39 is 6.09 Å². The maximum atomic E-state index is 11.9. The summed E-state index contributed by atoms with van der Waals surface area (Å²) in [5.74, 6) is -0.219. The van der Waals surface area contributed by atoms with Gasteiger partial charge in [-0.3, -0.25) is 19.7 Å². The molecule has 0 unspecified atom stereocenters. The molecule has 1 aliphatic heterocycles. The molecule has 0 radical (unpaired) electrons. The highest BCUT2D eigenvalue weighted by Crippen LogP contribution is 2.16. The zero-order chi connectivity index (χ0) is 16.1. The lowest BCUT2D eigenvalue weighted by atomic mass is 10.1. The summed E-state index contributed by atoms with van der Waals surface area (Å²) in [6, 6.07) is 7.52. The van der Waals surface area contributed by atoms with Crippen LogP contribution >= 0.6 is 0 Å². The normalized spacial score (nSPS) is 13.7. The summed E-state index contributed by atoms with van der Waals surface area (Å²) < 4.78 is 4.79. The Hall–Kier alpha value is -2.96. The van der Waals surface area contributed by atoms with Crippen molar-refractivity contribution in [2.75, 3.05) is 19.7 Å². The number of cyclic esters (lactones) is 1. The average molecular weight is 312 g/mol. The molecule has 0 bridgehead atoms. The number of pyridine rings is 2. The molecule has 1 N–H and O–H groups in total. The molecule has 0 aromatic carbocycles. The monoisotopic (exact) mass is 312 g/mol. The minimum absolute atomic E-state index is 0.0133. The zero-order valence-electron chi connectivity index (χ0n) is 12.4. The molecule has 0 spiro atoms.